The van der Waals surface area contributed by atoms with Gasteiger partial charge in [0.25, 0.3) is 0 Å². The van der Waals surface area contributed by atoms with Gasteiger partial charge in [0, 0.05) is 37.9 Å². The molecule has 134 valence electrons. The van der Waals surface area contributed by atoms with Crippen LogP contribution in [0.2, 0.25) is 0 Å². The lowest BCUT2D eigenvalue weighted by Crippen LogP contribution is -2.47. The van der Waals surface area contributed by atoms with Crippen LogP contribution in [-0.4, -0.2) is 58.0 Å². The first-order valence-corrected chi connectivity index (χ1v) is 9.20. The average molecular weight is 340 g/mol. The molecule has 25 heavy (non-hydrogen) atoms. The summed E-state index contributed by atoms with van der Waals surface area (Å²) in [5.74, 6) is 0.263. The first-order chi connectivity index (χ1) is 12.2. The number of carbonyl (C=O) groups is 1. The minimum Gasteiger partial charge on any atom is -0.339 e. The molecule has 1 aromatic carbocycles. The molecule has 0 spiro atoms. The van der Waals surface area contributed by atoms with E-state index in [1.807, 2.05) is 16.8 Å². The summed E-state index contributed by atoms with van der Waals surface area (Å²) in [7, 11) is 2.16. The van der Waals surface area contributed by atoms with Crippen LogP contribution in [0.15, 0.2) is 49.1 Å². The fourth-order valence-electron chi connectivity index (χ4n) is 3.50. The number of likely N-dealkylation sites (tertiary alicyclic amines) is 1. The molecule has 0 saturated carbocycles. The first-order valence-electron chi connectivity index (χ1n) is 9.20. The summed E-state index contributed by atoms with van der Waals surface area (Å²) in [4.78, 5) is 21.5. The van der Waals surface area contributed by atoms with Crippen molar-refractivity contribution in [1.82, 2.24) is 19.4 Å². The van der Waals surface area contributed by atoms with Crippen LogP contribution in [0, 0.1) is 0 Å². The highest BCUT2D eigenvalue weighted by atomic mass is 16.2. The molecule has 2 heterocycles. The van der Waals surface area contributed by atoms with E-state index in [-0.39, 0.29) is 5.91 Å². The molecule has 0 bridgehead atoms. The van der Waals surface area contributed by atoms with E-state index in [4.69, 9.17) is 0 Å². The van der Waals surface area contributed by atoms with Gasteiger partial charge in [-0.05, 0) is 45.0 Å². The second-order valence-corrected chi connectivity index (χ2v) is 6.91. The van der Waals surface area contributed by atoms with Gasteiger partial charge >= 0.3 is 0 Å². The van der Waals surface area contributed by atoms with Crippen molar-refractivity contribution in [3.05, 3.63) is 54.6 Å². The van der Waals surface area contributed by atoms with Crippen molar-refractivity contribution < 1.29 is 4.79 Å². The van der Waals surface area contributed by atoms with Gasteiger partial charge in [-0.3, -0.25) is 4.79 Å². The Hall–Kier alpha value is -2.14. The van der Waals surface area contributed by atoms with Crippen LogP contribution < -0.4 is 0 Å². The lowest BCUT2D eigenvalue weighted by Gasteiger charge is -2.37. The molecule has 0 N–H and O–H groups in total. The van der Waals surface area contributed by atoms with Crippen molar-refractivity contribution in [3.8, 4) is 0 Å². The van der Waals surface area contributed by atoms with Gasteiger partial charge in [-0.1, -0.05) is 30.3 Å². The summed E-state index contributed by atoms with van der Waals surface area (Å²) >= 11 is 0. The van der Waals surface area contributed by atoms with Crippen LogP contribution in [0.1, 0.15) is 24.8 Å². The second-order valence-electron chi connectivity index (χ2n) is 6.91. The summed E-state index contributed by atoms with van der Waals surface area (Å²) in [5.41, 5.74) is 1.29. The predicted octanol–water partition coefficient (Wildman–Crippen LogP) is 2.44. The molecule has 0 aliphatic carbocycles. The Morgan fingerprint density at radius 2 is 2.00 bits per heavy atom. The average Bonchev–Trinajstić information content (AvgIpc) is 3.16. The number of piperidine rings is 1. The van der Waals surface area contributed by atoms with Crippen LogP contribution in [0.25, 0.3) is 0 Å². The molecular weight excluding hydrogens is 312 g/mol. The highest BCUT2D eigenvalue weighted by Gasteiger charge is 2.26. The minimum atomic E-state index is 0.263. The third-order valence-corrected chi connectivity index (χ3v) is 5.08. The Morgan fingerprint density at radius 3 is 2.68 bits per heavy atom. The zero-order valence-corrected chi connectivity index (χ0v) is 15.1. The predicted molar refractivity (Wildman–Crippen MR) is 99.2 cm³/mol. The third-order valence-electron chi connectivity index (χ3n) is 5.08. The number of aromatic nitrogens is 2. The number of hydrogen-bond donors (Lipinski definition) is 0. The van der Waals surface area contributed by atoms with Crippen molar-refractivity contribution in [3.63, 3.8) is 0 Å². The number of rotatable bonds is 7. The van der Waals surface area contributed by atoms with E-state index in [9.17, 15) is 4.79 Å². The monoisotopic (exact) mass is 340 g/mol. The maximum Gasteiger partial charge on any atom is 0.224 e. The number of amides is 1. The molecule has 1 fully saturated rings. The summed E-state index contributed by atoms with van der Waals surface area (Å²) in [6.07, 6.45) is 9.05. The van der Waals surface area contributed by atoms with E-state index in [1.54, 1.807) is 12.5 Å². The SMILES string of the molecule is CN1CCC(N(CCc2ccccc2)C(=O)CCn2ccnc2)CC1. The Labute approximate surface area is 150 Å². The largest absolute Gasteiger partial charge is 0.339 e. The second kappa shape index (κ2) is 8.81. The molecular formula is C20H28N4O. The summed E-state index contributed by atoms with van der Waals surface area (Å²) in [6, 6.07) is 10.8. The standard InChI is InChI=1S/C20H28N4O/c1-22-12-8-19(9-13-22)24(15-7-18-5-3-2-4-6-18)20(25)10-14-23-16-11-21-17-23/h2-6,11,16-17,19H,7-10,12-15H2,1H3. The Morgan fingerprint density at radius 1 is 1.24 bits per heavy atom. The third kappa shape index (κ3) is 5.16. The molecule has 3 rings (SSSR count). The molecule has 0 radical (unpaired) electrons. The number of imidazole rings is 1. The van der Waals surface area contributed by atoms with E-state index < -0.39 is 0 Å². The van der Waals surface area contributed by atoms with E-state index in [0.29, 0.717) is 19.0 Å². The fraction of sp³-hybridized carbons (Fsp3) is 0.500. The van der Waals surface area contributed by atoms with E-state index >= 15 is 0 Å². The van der Waals surface area contributed by atoms with Gasteiger partial charge in [0.05, 0.1) is 6.33 Å². The molecule has 1 aliphatic heterocycles. The van der Waals surface area contributed by atoms with Crippen molar-refractivity contribution in [2.75, 3.05) is 26.7 Å². The van der Waals surface area contributed by atoms with Crippen LogP contribution in [0.5, 0.6) is 0 Å². The van der Waals surface area contributed by atoms with Crippen LogP contribution in [0.3, 0.4) is 0 Å². The molecule has 2 aromatic rings. The van der Waals surface area contributed by atoms with Gasteiger partial charge < -0.3 is 14.4 Å². The molecule has 5 heteroatoms. The van der Waals surface area contributed by atoms with Crippen LogP contribution >= 0.6 is 0 Å². The molecule has 5 nitrogen and oxygen atoms in total. The smallest absolute Gasteiger partial charge is 0.224 e. The molecule has 1 saturated heterocycles. The number of benzene rings is 1. The normalized spacial score (nSPS) is 16.0. The quantitative estimate of drug-likeness (QED) is 0.777. The summed E-state index contributed by atoms with van der Waals surface area (Å²) in [6.45, 7) is 3.65. The maximum absolute atomic E-state index is 12.9. The first kappa shape index (κ1) is 17.7. The lowest BCUT2D eigenvalue weighted by atomic mass is 10.0. The highest BCUT2D eigenvalue weighted by Crippen LogP contribution is 2.18. The summed E-state index contributed by atoms with van der Waals surface area (Å²) in [5, 5.41) is 0. The van der Waals surface area contributed by atoms with Crippen molar-refractivity contribution >= 4 is 5.91 Å². The van der Waals surface area contributed by atoms with E-state index in [1.165, 1.54) is 5.56 Å². The number of hydrogen-bond acceptors (Lipinski definition) is 3. The van der Waals surface area contributed by atoms with Crippen molar-refractivity contribution in [1.29, 1.82) is 0 Å². The van der Waals surface area contributed by atoms with Gasteiger partial charge in [0.1, 0.15) is 0 Å². The summed E-state index contributed by atoms with van der Waals surface area (Å²) < 4.78 is 1.97. The molecule has 1 amide bonds. The molecule has 0 atom stereocenters. The van der Waals surface area contributed by atoms with Crippen LogP contribution in [0.4, 0.5) is 0 Å². The zero-order valence-electron chi connectivity index (χ0n) is 15.1. The van der Waals surface area contributed by atoms with E-state index in [0.717, 1.165) is 38.9 Å². The highest BCUT2D eigenvalue weighted by molar-refractivity contribution is 5.76. The van der Waals surface area contributed by atoms with Gasteiger partial charge in [-0.25, -0.2) is 4.98 Å². The number of carbonyl (C=O) groups excluding carboxylic acids is 1. The lowest BCUT2D eigenvalue weighted by molar-refractivity contribution is -0.134. The van der Waals surface area contributed by atoms with Crippen molar-refractivity contribution in [2.24, 2.45) is 0 Å². The van der Waals surface area contributed by atoms with E-state index in [2.05, 4.69) is 46.1 Å². The Bertz CT molecular complexity index is 633. The fourth-order valence-corrected chi connectivity index (χ4v) is 3.50. The minimum absolute atomic E-state index is 0.263. The number of nitrogens with zero attached hydrogens (tertiary/aromatic N) is 4. The molecule has 0 unspecified atom stereocenters. The zero-order chi connectivity index (χ0) is 17.5. The maximum atomic E-state index is 12.9. The van der Waals surface area contributed by atoms with Crippen molar-refractivity contribution in [2.45, 2.75) is 38.3 Å². The Kier molecular flexibility index (Phi) is 6.23. The van der Waals surface area contributed by atoms with Crippen LogP contribution in [-0.2, 0) is 17.8 Å². The van der Waals surface area contributed by atoms with Gasteiger partial charge in [0.2, 0.25) is 5.91 Å². The van der Waals surface area contributed by atoms with Gasteiger partial charge in [0.15, 0.2) is 0 Å². The topological polar surface area (TPSA) is 41.4 Å². The molecule has 1 aromatic heterocycles. The van der Waals surface area contributed by atoms with Gasteiger partial charge in [-0.2, -0.15) is 0 Å². The Balaban J connectivity index is 1.61. The van der Waals surface area contributed by atoms with Gasteiger partial charge in [-0.15, -0.1) is 0 Å². The molecule has 1 aliphatic rings. The number of aryl methyl sites for hydroxylation is 1.